The van der Waals surface area contributed by atoms with E-state index in [4.69, 9.17) is 10.5 Å². The fourth-order valence-corrected chi connectivity index (χ4v) is 1.92. The highest BCUT2D eigenvalue weighted by atomic mass is 16.5. The number of nitrogens with zero attached hydrogens (tertiary/aromatic N) is 1. The Hall–Kier alpha value is -1.51. The van der Waals surface area contributed by atoms with Crippen molar-refractivity contribution in [2.75, 3.05) is 6.61 Å². The van der Waals surface area contributed by atoms with Crippen LogP contribution >= 0.6 is 0 Å². The maximum Gasteiger partial charge on any atom is 0.122 e. The van der Waals surface area contributed by atoms with Crippen molar-refractivity contribution in [2.24, 2.45) is 16.6 Å². The van der Waals surface area contributed by atoms with E-state index >= 15 is 0 Å². The normalized spacial score (nSPS) is 20.4. The summed E-state index contributed by atoms with van der Waals surface area (Å²) in [6.07, 6.45) is 0.929. The average molecular weight is 218 g/mol. The first-order valence-corrected chi connectivity index (χ1v) is 5.70. The summed E-state index contributed by atoms with van der Waals surface area (Å²) in [5.41, 5.74) is 7.20. The number of fused-ring (bicyclic) bond motifs is 1. The Labute approximate surface area is 96.3 Å². The number of para-hydroxylation sites is 1. The summed E-state index contributed by atoms with van der Waals surface area (Å²) in [7, 11) is 0. The zero-order chi connectivity index (χ0) is 11.5. The zero-order valence-electron chi connectivity index (χ0n) is 9.81. The highest BCUT2D eigenvalue weighted by Gasteiger charge is 2.22. The maximum atomic E-state index is 5.98. The summed E-state index contributed by atoms with van der Waals surface area (Å²) in [6, 6.07) is 8.36. The minimum absolute atomic E-state index is 0.220. The molecule has 0 fully saturated rings. The van der Waals surface area contributed by atoms with Crippen molar-refractivity contribution >= 4 is 5.84 Å². The van der Waals surface area contributed by atoms with Gasteiger partial charge in [-0.2, -0.15) is 0 Å². The van der Waals surface area contributed by atoms with Gasteiger partial charge in [0.05, 0.1) is 12.5 Å². The Bertz CT molecular complexity index is 399. The Balaban J connectivity index is 2.14. The quantitative estimate of drug-likeness (QED) is 0.609. The minimum Gasteiger partial charge on any atom is -0.493 e. The van der Waals surface area contributed by atoms with Crippen LogP contribution in [0.4, 0.5) is 0 Å². The summed E-state index contributed by atoms with van der Waals surface area (Å²) < 4.78 is 5.68. The topological polar surface area (TPSA) is 47.6 Å². The number of hydrogen-bond donors (Lipinski definition) is 1. The number of ether oxygens (including phenoxy) is 1. The Morgan fingerprint density at radius 1 is 1.44 bits per heavy atom. The molecule has 1 heterocycles. The van der Waals surface area contributed by atoms with Gasteiger partial charge in [0.1, 0.15) is 11.6 Å². The smallest absolute Gasteiger partial charge is 0.122 e. The molecule has 1 unspecified atom stereocenters. The first-order chi connectivity index (χ1) is 7.66. The molecule has 1 aliphatic rings. The molecule has 0 aromatic heterocycles. The van der Waals surface area contributed by atoms with Crippen LogP contribution in [0, 0.1) is 5.92 Å². The van der Waals surface area contributed by atoms with Gasteiger partial charge in [-0.05, 0) is 31.9 Å². The van der Waals surface area contributed by atoms with E-state index in [0.29, 0.717) is 12.4 Å². The van der Waals surface area contributed by atoms with Gasteiger partial charge >= 0.3 is 0 Å². The van der Waals surface area contributed by atoms with Crippen LogP contribution in [-0.4, -0.2) is 18.5 Å². The summed E-state index contributed by atoms with van der Waals surface area (Å²) in [4.78, 5) is 4.39. The molecule has 16 heavy (non-hydrogen) atoms. The highest BCUT2D eigenvalue weighted by Crippen LogP contribution is 2.26. The fraction of sp³-hybridized carbons (Fsp3) is 0.462. The lowest BCUT2D eigenvalue weighted by atomic mass is 9.96. The lowest BCUT2D eigenvalue weighted by Crippen LogP contribution is -2.34. The second-order valence-electron chi connectivity index (χ2n) is 4.47. The van der Waals surface area contributed by atoms with Gasteiger partial charge in [0.25, 0.3) is 0 Å². The van der Waals surface area contributed by atoms with Crippen molar-refractivity contribution in [3.05, 3.63) is 29.8 Å². The summed E-state index contributed by atoms with van der Waals surface area (Å²) in [6.45, 7) is 4.70. The molecule has 2 rings (SSSR count). The molecular weight excluding hydrogens is 200 g/mol. The van der Waals surface area contributed by atoms with Crippen LogP contribution in [0.3, 0.4) is 0 Å². The van der Waals surface area contributed by atoms with Crippen LogP contribution in [0.5, 0.6) is 5.75 Å². The van der Waals surface area contributed by atoms with E-state index in [2.05, 4.69) is 11.1 Å². The monoisotopic (exact) mass is 218 g/mol. The number of nitrogens with two attached hydrogens (primary N) is 1. The second-order valence-corrected chi connectivity index (χ2v) is 4.47. The van der Waals surface area contributed by atoms with Gasteiger partial charge in [-0.3, -0.25) is 4.99 Å². The molecular formula is C13H18N2O. The summed E-state index contributed by atoms with van der Waals surface area (Å²) in [5.74, 6) is 1.91. The standard InChI is InChI=1S/C13H18N2O/c1-9(2)15-13(14)11-7-10-5-3-4-6-12(10)16-8-11/h3-6,9,11H,7-8H2,1-2H3,(H2,14,15). The lowest BCUT2D eigenvalue weighted by molar-refractivity contribution is 0.258. The molecule has 0 saturated carbocycles. The van der Waals surface area contributed by atoms with Crippen LogP contribution in [0.15, 0.2) is 29.3 Å². The predicted molar refractivity (Wildman–Crippen MR) is 65.9 cm³/mol. The Morgan fingerprint density at radius 2 is 2.19 bits per heavy atom. The van der Waals surface area contributed by atoms with Crippen LogP contribution < -0.4 is 10.5 Å². The third-order valence-corrected chi connectivity index (χ3v) is 2.70. The number of rotatable bonds is 2. The van der Waals surface area contributed by atoms with Crippen molar-refractivity contribution in [2.45, 2.75) is 26.3 Å². The molecule has 0 spiro atoms. The molecule has 1 atom stereocenters. The first kappa shape index (κ1) is 11.0. The molecule has 1 aromatic carbocycles. The van der Waals surface area contributed by atoms with Gasteiger partial charge in [-0.25, -0.2) is 0 Å². The van der Waals surface area contributed by atoms with Gasteiger partial charge in [0.2, 0.25) is 0 Å². The van der Waals surface area contributed by atoms with Crippen molar-refractivity contribution in [3.63, 3.8) is 0 Å². The SMILES string of the molecule is CC(C)N=C(N)C1COc2ccccc2C1. The number of amidine groups is 1. The van der Waals surface area contributed by atoms with Crippen LogP contribution in [0.2, 0.25) is 0 Å². The lowest BCUT2D eigenvalue weighted by Gasteiger charge is -2.25. The van der Waals surface area contributed by atoms with Crippen LogP contribution in [-0.2, 0) is 6.42 Å². The van der Waals surface area contributed by atoms with Gasteiger partial charge in [-0.15, -0.1) is 0 Å². The highest BCUT2D eigenvalue weighted by molar-refractivity contribution is 5.83. The molecule has 0 radical (unpaired) electrons. The predicted octanol–water partition coefficient (Wildman–Crippen LogP) is 2.00. The number of hydrogen-bond acceptors (Lipinski definition) is 2. The molecule has 1 aromatic rings. The first-order valence-electron chi connectivity index (χ1n) is 5.70. The van der Waals surface area contributed by atoms with Gasteiger partial charge in [0, 0.05) is 6.04 Å². The van der Waals surface area contributed by atoms with E-state index < -0.39 is 0 Å². The van der Waals surface area contributed by atoms with Crippen molar-refractivity contribution in [1.82, 2.24) is 0 Å². The molecule has 0 aliphatic carbocycles. The van der Waals surface area contributed by atoms with E-state index in [0.717, 1.165) is 12.2 Å². The van der Waals surface area contributed by atoms with Crippen molar-refractivity contribution in [1.29, 1.82) is 0 Å². The van der Waals surface area contributed by atoms with Crippen LogP contribution in [0.1, 0.15) is 19.4 Å². The molecule has 3 heteroatoms. The van der Waals surface area contributed by atoms with E-state index in [1.165, 1.54) is 5.56 Å². The zero-order valence-corrected chi connectivity index (χ0v) is 9.81. The Kier molecular flexibility index (Phi) is 3.13. The van der Waals surface area contributed by atoms with Crippen molar-refractivity contribution < 1.29 is 4.74 Å². The molecule has 3 nitrogen and oxygen atoms in total. The molecule has 0 amide bonds. The Morgan fingerprint density at radius 3 is 2.94 bits per heavy atom. The number of aliphatic imine (C=N–C) groups is 1. The molecule has 0 saturated heterocycles. The third-order valence-electron chi connectivity index (χ3n) is 2.70. The molecule has 2 N–H and O–H groups in total. The van der Waals surface area contributed by atoms with E-state index in [1.807, 2.05) is 32.0 Å². The van der Waals surface area contributed by atoms with Gasteiger partial charge in [-0.1, -0.05) is 18.2 Å². The summed E-state index contributed by atoms with van der Waals surface area (Å²) in [5, 5.41) is 0. The van der Waals surface area contributed by atoms with E-state index in [9.17, 15) is 0 Å². The number of benzene rings is 1. The third kappa shape index (κ3) is 2.35. The molecule has 1 aliphatic heterocycles. The van der Waals surface area contributed by atoms with E-state index in [-0.39, 0.29) is 12.0 Å². The largest absolute Gasteiger partial charge is 0.493 e. The molecule has 86 valence electrons. The minimum atomic E-state index is 0.220. The van der Waals surface area contributed by atoms with Gasteiger partial charge < -0.3 is 10.5 Å². The van der Waals surface area contributed by atoms with Crippen LogP contribution in [0.25, 0.3) is 0 Å². The maximum absolute atomic E-state index is 5.98. The van der Waals surface area contributed by atoms with E-state index in [1.54, 1.807) is 0 Å². The van der Waals surface area contributed by atoms with Crippen molar-refractivity contribution in [3.8, 4) is 5.75 Å². The van der Waals surface area contributed by atoms with Gasteiger partial charge in [0.15, 0.2) is 0 Å². The average Bonchev–Trinajstić information content (AvgIpc) is 2.27. The molecule has 0 bridgehead atoms. The second kappa shape index (κ2) is 4.56. The fourth-order valence-electron chi connectivity index (χ4n) is 1.92. The summed E-state index contributed by atoms with van der Waals surface area (Å²) >= 11 is 0.